The summed E-state index contributed by atoms with van der Waals surface area (Å²) in [6, 6.07) is 6.40. The molecule has 0 aromatic heterocycles. The molecule has 1 aromatic carbocycles. The van der Waals surface area contributed by atoms with Crippen LogP contribution >= 0.6 is 0 Å². The third-order valence-corrected chi connectivity index (χ3v) is 2.52. The Morgan fingerprint density at radius 2 is 2.30 bits per heavy atom. The molecule has 0 spiro atoms. The molecular formula is C14H17N3O3. The molecule has 106 valence electrons. The Hall–Kier alpha value is -2.52. The fourth-order valence-corrected chi connectivity index (χ4v) is 1.46. The highest BCUT2D eigenvalue weighted by atomic mass is 16.5. The van der Waals surface area contributed by atoms with Crippen LogP contribution in [-0.2, 0) is 9.53 Å². The number of ether oxygens (including phenoxy) is 1. The first-order valence-corrected chi connectivity index (χ1v) is 6.02. The van der Waals surface area contributed by atoms with Crippen LogP contribution in [0.5, 0.6) is 5.75 Å². The lowest BCUT2D eigenvalue weighted by atomic mass is 10.2. The summed E-state index contributed by atoms with van der Waals surface area (Å²) in [5, 5.41) is 23.7. The topological polar surface area (TPSA) is 94.4 Å². The van der Waals surface area contributed by atoms with Crippen LogP contribution in [0.1, 0.15) is 5.56 Å². The van der Waals surface area contributed by atoms with Gasteiger partial charge in [-0.15, -0.1) is 0 Å². The first-order chi connectivity index (χ1) is 9.58. The highest BCUT2D eigenvalue weighted by Gasteiger charge is 2.10. The largest absolute Gasteiger partial charge is 0.508 e. The summed E-state index contributed by atoms with van der Waals surface area (Å²) >= 11 is 0. The molecule has 0 aliphatic heterocycles. The summed E-state index contributed by atoms with van der Waals surface area (Å²) in [7, 11) is 1.57. The SMILES string of the molecule is COCCN/C=C(/C#N)C(=O)Nc1ccc(O)cc1C. The Bertz CT molecular complexity index is 547. The van der Waals surface area contributed by atoms with Crippen LogP contribution in [0.2, 0.25) is 0 Å². The van der Waals surface area contributed by atoms with Crippen LogP contribution in [0.3, 0.4) is 0 Å². The summed E-state index contributed by atoms with van der Waals surface area (Å²) < 4.78 is 4.84. The molecule has 6 heteroatoms. The minimum Gasteiger partial charge on any atom is -0.508 e. The van der Waals surface area contributed by atoms with Gasteiger partial charge < -0.3 is 20.5 Å². The van der Waals surface area contributed by atoms with Gasteiger partial charge in [-0.25, -0.2) is 0 Å². The normalized spacial score (nSPS) is 10.8. The fourth-order valence-electron chi connectivity index (χ4n) is 1.46. The maximum Gasteiger partial charge on any atom is 0.267 e. The lowest BCUT2D eigenvalue weighted by molar-refractivity contribution is -0.112. The third-order valence-electron chi connectivity index (χ3n) is 2.52. The highest BCUT2D eigenvalue weighted by Crippen LogP contribution is 2.20. The number of hydrogen-bond donors (Lipinski definition) is 3. The van der Waals surface area contributed by atoms with Crippen LogP contribution in [0.25, 0.3) is 0 Å². The molecule has 1 amide bonds. The molecule has 0 atom stereocenters. The van der Waals surface area contributed by atoms with E-state index < -0.39 is 5.91 Å². The second-order valence-electron chi connectivity index (χ2n) is 4.07. The molecule has 0 saturated carbocycles. The Morgan fingerprint density at radius 1 is 1.55 bits per heavy atom. The monoisotopic (exact) mass is 275 g/mol. The first kappa shape index (κ1) is 15.5. The molecular weight excluding hydrogens is 258 g/mol. The van der Waals surface area contributed by atoms with E-state index in [2.05, 4.69) is 10.6 Å². The quantitative estimate of drug-likeness (QED) is 0.315. The number of benzene rings is 1. The zero-order valence-corrected chi connectivity index (χ0v) is 11.4. The van der Waals surface area contributed by atoms with Gasteiger partial charge in [0.1, 0.15) is 17.4 Å². The zero-order valence-electron chi connectivity index (χ0n) is 11.4. The molecule has 0 heterocycles. The second-order valence-corrected chi connectivity index (χ2v) is 4.07. The molecule has 1 aromatic rings. The van der Waals surface area contributed by atoms with E-state index in [1.807, 2.05) is 6.07 Å². The van der Waals surface area contributed by atoms with Crippen molar-refractivity contribution in [3.8, 4) is 11.8 Å². The summed E-state index contributed by atoms with van der Waals surface area (Å²) in [4.78, 5) is 11.9. The number of aromatic hydroxyl groups is 1. The number of methoxy groups -OCH3 is 1. The lowest BCUT2D eigenvalue weighted by Gasteiger charge is -2.08. The van der Waals surface area contributed by atoms with Crippen molar-refractivity contribution in [2.75, 3.05) is 25.6 Å². The van der Waals surface area contributed by atoms with Gasteiger partial charge in [0.25, 0.3) is 5.91 Å². The zero-order chi connectivity index (χ0) is 15.0. The van der Waals surface area contributed by atoms with Crippen LogP contribution in [0, 0.1) is 18.3 Å². The molecule has 0 saturated heterocycles. The van der Waals surface area contributed by atoms with Crippen molar-refractivity contribution in [1.29, 1.82) is 5.26 Å². The summed E-state index contributed by atoms with van der Waals surface area (Å²) in [6.45, 7) is 2.74. The van der Waals surface area contributed by atoms with E-state index in [0.29, 0.717) is 24.4 Å². The second kappa shape index (κ2) is 7.81. The van der Waals surface area contributed by atoms with Gasteiger partial charge in [-0.1, -0.05) is 0 Å². The van der Waals surface area contributed by atoms with Gasteiger partial charge >= 0.3 is 0 Å². The molecule has 1 rings (SSSR count). The van der Waals surface area contributed by atoms with Crippen molar-refractivity contribution in [1.82, 2.24) is 5.32 Å². The van der Waals surface area contributed by atoms with Crippen molar-refractivity contribution in [2.45, 2.75) is 6.92 Å². The number of hydrogen-bond acceptors (Lipinski definition) is 5. The van der Waals surface area contributed by atoms with Crippen molar-refractivity contribution in [2.24, 2.45) is 0 Å². The maximum absolute atomic E-state index is 11.9. The smallest absolute Gasteiger partial charge is 0.267 e. The molecule has 0 fully saturated rings. The van der Waals surface area contributed by atoms with E-state index in [1.54, 1.807) is 20.1 Å². The molecule has 0 radical (unpaired) electrons. The van der Waals surface area contributed by atoms with E-state index in [4.69, 9.17) is 10.00 Å². The number of phenolic OH excluding ortho intramolecular Hbond substituents is 1. The predicted octanol–water partition coefficient (Wildman–Crippen LogP) is 1.28. The number of nitrogens with zero attached hydrogens (tertiary/aromatic N) is 1. The van der Waals surface area contributed by atoms with Crippen LogP contribution in [0.4, 0.5) is 5.69 Å². The van der Waals surface area contributed by atoms with Crippen LogP contribution < -0.4 is 10.6 Å². The molecule has 0 bridgehead atoms. The van der Waals surface area contributed by atoms with Crippen molar-refractivity contribution in [3.05, 3.63) is 35.5 Å². The number of carbonyl (C=O) groups is 1. The van der Waals surface area contributed by atoms with E-state index in [-0.39, 0.29) is 11.3 Å². The minimum atomic E-state index is -0.508. The summed E-state index contributed by atoms with van der Waals surface area (Å²) in [5.74, 6) is -0.385. The Labute approximate surface area is 117 Å². The average molecular weight is 275 g/mol. The van der Waals surface area contributed by atoms with Gasteiger partial charge in [-0.3, -0.25) is 4.79 Å². The number of carbonyl (C=O) groups excluding carboxylic acids is 1. The number of amides is 1. The van der Waals surface area contributed by atoms with E-state index in [0.717, 1.165) is 0 Å². The lowest BCUT2D eigenvalue weighted by Crippen LogP contribution is -2.19. The van der Waals surface area contributed by atoms with Gasteiger partial charge in [-0.05, 0) is 30.7 Å². The number of nitriles is 1. The highest BCUT2D eigenvalue weighted by molar-refractivity contribution is 6.06. The van der Waals surface area contributed by atoms with Gasteiger partial charge in [0.15, 0.2) is 0 Å². The van der Waals surface area contributed by atoms with Crippen molar-refractivity contribution >= 4 is 11.6 Å². The van der Waals surface area contributed by atoms with Gasteiger partial charge in [-0.2, -0.15) is 5.26 Å². The number of anilines is 1. The van der Waals surface area contributed by atoms with Crippen molar-refractivity contribution in [3.63, 3.8) is 0 Å². The van der Waals surface area contributed by atoms with E-state index in [9.17, 15) is 9.90 Å². The fraction of sp³-hybridized carbons (Fsp3) is 0.286. The Morgan fingerprint density at radius 3 is 2.90 bits per heavy atom. The molecule has 0 aliphatic rings. The predicted molar refractivity (Wildman–Crippen MR) is 75.0 cm³/mol. The van der Waals surface area contributed by atoms with Gasteiger partial charge in [0, 0.05) is 25.5 Å². The summed E-state index contributed by atoms with van der Waals surface area (Å²) in [5.41, 5.74) is 1.22. The van der Waals surface area contributed by atoms with E-state index in [1.165, 1.54) is 18.3 Å². The third kappa shape index (κ3) is 4.63. The number of rotatable bonds is 6. The van der Waals surface area contributed by atoms with Crippen molar-refractivity contribution < 1.29 is 14.6 Å². The number of aryl methyl sites for hydroxylation is 1. The Kier molecular flexibility index (Phi) is 6.07. The Balaban J connectivity index is 2.70. The first-order valence-electron chi connectivity index (χ1n) is 6.02. The van der Waals surface area contributed by atoms with Gasteiger partial charge in [0.05, 0.1) is 6.61 Å². The van der Waals surface area contributed by atoms with Crippen LogP contribution in [0.15, 0.2) is 30.0 Å². The van der Waals surface area contributed by atoms with Crippen LogP contribution in [-0.4, -0.2) is 31.3 Å². The van der Waals surface area contributed by atoms with Gasteiger partial charge in [0.2, 0.25) is 0 Å². The molecule has 6 nitrogen and oxygen atoms in total. The molecule has 0 unspecified atom stereocenters. The minimum absolute atomic E-state index is 0.0337. The molecule has 3 N–H and O–H groups in total. The van der Waals surface area contributed by atoms with E-state index >= 15 is 0 Å². The molecule has 0 aliphatic carbocycles. The maximum atomic E-state index is 11.9. The number of phenols is 1. The summed E-state index contributed by atoms with van der Waals surface area (Å²) in [6.07, 6.45) is 1.35. The molecule has 20 heavy (non-hydrogen) atoms. The average Bonchev–Trinajstić information content (AvgIpc) is 2.42. The number of nitrogens with one attached hydrogen (secondary N) is 2. The standard InChI is InChI=1S/C14H17N3O3/c1-10-7-12(18)3-4-13(10)17-14(19)11(8-15)9-16-5-6-20-2/h3-4,7,9,16,18H,5-6H2,1-2H3,(H,17,19)/b11-9-.